The molecule has 1 aromatic rings. The van der Waals surface area contributed by atoms with Crippen molar-refractivity contribution in [2.45, 2.75) is 32.6 Å². The average Bonchev–Trinajstić information content (AvgIpc) is 2.66. The Kier molecular flexibility index (Phi) is 4.96. The van der Waals surface area contributed by atoms with E-state index in [2.05, 4.69) is 18.2 Å². The minimum absolute atomic E-state index is 0.164. The molecule has 100 valence electrons. The Morgan fingerprint density at radius 2 is 2.05 bits per heavy atom. The van der Waals surface area contributed by atoms with Crippen LogP contribution in [0.3, 0.4) is 0 Å². The predicted molar refractivity (Wildman–Crippen MR) is 76.8 cm³/mol. The van der Waals surface area contributed by atoms with Crippen LogP contribution in [0.2, 0.25) is 0 Å². The van der Waals surface area contributed by atoms with Crippen LogP contribution in [0.1, 0.15) is 31.7 Å². The van der Waals surface area contributed by atoms with Gasteiger partial charge in [-0.3, -0.25) is 0 Å². The van der Waals surface area contributed by atoms with Gasteiger partial charge < -0.3 is 4.74 Å². The van der Waals surface area contributed by atoms with E-state index in [1.54, 1.807) is 0 Å². The van der Waals surface area contributed by atoms with Crippen LogP contribution in [0, 0.1) is 0 Å². The molecule has 0 fully saturated rings. The minimum Gasteiger partial charge on any atom is -0.463 e. The quantitative estimate of drug-likeness (QED) is 0.765. The molecule has 0 saturated carbocycles. The number of rotatable bonds is 4. The highest BCUT2D eigenvalue weighted by Crippen LogP contribution is 2.21. The van der Waals surface area contributed by atoms with Gasteiger partial charge in [0.1, 0.15) is 0 Å². The lowest BCUT2D eigenvalue weighted by Crippen LogP contribution is -2.07. The first kappa shape index (κ1) is 13.6. The summed E-state index contributed by atoms with van der Waals surface area (Å²) in [6.07, 6.45) is 7.99. The molecular weight excluding hydrogens is 236 g/mol. The van der Waals surface area contributed by atoms with Gasteiger partial charge in [-0.15, -0.1) is 0 Å². The summed E-state index contributed by atoms with van der Waals surface area (Å²) in [5, 5.41) is 0. The summed E-state index contributed by atoms with van der Waals surface area (Å²) in [7, 11) is 0. The van der Waals surface area contributed by atoms with Crippen LogP contribution in [0.15, 0.2) is 53.6 Å². The Balaban J connectivity index is 2.12. The van der Waals surface area contributed by atoms with E-state index in [9.17, 15) is 4.79 Å². The number of carbonyl (C=O) groups excluding carboxylic acids is 1. The van der Waals surface area contributed by atoms with Gasteiger partial charge in [0.15, 0.2) is 0 Å². The summed E-state index contributed by atoms with van der Waals surface area (Å²) in [4.78, 5) is 11.8. The van der Waals surface area contributed by atoms with E-state index in [1.165, 1.54) is 11.1 Å². The molecule has 0 aliphatic heterocycles. The van der Waals surface area contributed by atoms with Gasteiger partial charge in [0, 0.05) is 5.57 Å². The molecular formula is C17H20O2. The van der Waals surface area contributed by atoms with E-state index in [1.807, 2.05) is 31.2 Å². The monoisotopic (exact) mass is 256 g/mol. The second-order valence-electron chi connectivity index (χ2n) is 4.72. The van der Waals surface area contributed by atoms with Gasteiger partial charge in [-0.1, -0.05) is 36.4 Å². The van der Waals surface area contributed by atoms with Crippen molar-refractivity contribution in [2.75, 3.05) is 6.61 Å². The first-order valence-corrected chi connectivity index (χ1v) is 6.90. The van der Waals surface area contributed by atoms with Gasteiger partial charge in [0.05, 0.1) is 6.61 Å². The fourth-order valence-electron chi connectivity index (χ4n) is 2.27. The van der Waals surface area contributed by atoms with E-state index in [0.29, 0.717) is 6.61 Å². The molecule has 0 amide bonds. The summed E-state index contributed by atoms with van der Waals surface area (Å²) in [5.74, 6) is -0.164. The molecule has 1 aromatic carbocycles. The van der Waals surface area contributed by atoms with Crippen LogP contribution >= 0.6 is 0 Å². The van der Waals surface area contributed by atoms with Crippen molar-refractivity contribution in [3.05, 3.63) is 59.2 Å². The first-order chi connectivity index (χ1) is 9.29. The molecule has 0 N–H and O–H groups in total. The third-order valence-electron chi connectivity index (χ3n) is 3.21. The van der Waals surface area contributed by atoms with Crippen molar-refractivity contribution >= 4 is 5.97 Å². The Hall–Kier alpha value is -1.83. The highest BCUT2D eigenvalue weighted by Gasteiger charge is 2.13. The molecule has 2 rings (SSSR count). The van der Waals surface area contributed by atoms with Crippen LogP contribution in [-0.2, 0) is 16.0 Å². The largest absolute Gasteiger partial charge is 0.463 e. The molecule has 2 nitrogen and oxygen atoms in total. The SMILES string of the molecule is CCOC(=O)C1=CC(Cc2ccccc2)=CCCC1. The zero-order valence-corrected chi connectivity index (χ0v) is 11.4. The van der Waals surface area contributed by atoms with Crippen molar-refractivity contribution in [3.8, 4) is 0 Å². The second-order valence-corrected chi connectivity index (χ2v) is 4.72. The van der Waals surface area contributed by atoms with Crippen molar-refractivity contribution in [2.24, 2.45) is 0 Å². The maximum atomic E-state index is 11.8. The normalized spacial score (nSPS) is 15.2. The van der Waals surface area contributed by atoms with Crippen LogP contribution in [0.4, 0.5) is 0 Å². The lowest BCUT2D eigenvalue weighted by Gasteiger charge is -2.06. The predicted octanol–water partition coefficient (Wildman–Crippen LogP) is 3.83. The number of benzene rings is 1. The second kappa shape index (κ2) is 6.93. The van der Waals surface area contributed by atoms with Crippen molar-refractivity contribution in [3.63, 3.8) is 0 Å². The maximum Gasteiger partial charge on any atom is 0.333 e. The molecule has 1 aliphatic rings. The third-order valence-corrected chi connectivity index (χ3v) is 3.21. The Morgan fingerprint density at radius 3 is 2.79 bits per heavy atom. The highest BCUT2D eigenvalue weighted by atomic mass is 16.5. The van der Waals surface area contributed by atoms with Crippen molar-refractivity contribution < 1.29 is 9.53 Å². The molecule has 0 atom stereocenters. The fourth-order valence-corrected chi connectivity index (χ4v) is 2.27. The summed E-state index contributed by atoms with van der Waals surface area (Å²) in [5.41, 5.74) is 3.29. The van der Waals surface area contributed by atoms with E-state index in [-0.39, 0.29) is 5.97 Å². The lowest BCUT2D eigenvalue weighted by atomic mass is 10.0. The van der Waals surface area contributed by atoms with E-state index in [0.717, 1.165) is 31.3 Å². The lowest BCUT2D eigenvalue weighted by molar-refractivity contribution is -0.138. The molecule has 0 heterocycles. The molecule has 0 bridgehead atoms. The number of allylic oxidation sites excluding steroid dienone is 3. The topological polar surface area (TPSA) is 26.3 Å². The van der Waals surface area contributed by atoms with Gasteiger partial charge >= 0.3 is 5.97 Å². The van der Waals surface area contributed by atoms with E-state index >= 15 is 0 Å². The average molecular weight is 256 g/mol. The number of hydrogen-bond donors (Lipinski definition) is 0. The van der Waals surface area contributed by atoms with Crippen LogP contribution in [0.25, 0.3) is 0 Å². The summed E-state index contributed by atoms with van der Waals surface area (Å²) >= 11 is 0. The molecule has 0 aromatic heterocycles. The number of ether oxygens (including phenoxy) is 1. The van der Waals surface area contributed by atoms with Crippen LogP contribution < -0.4 is 0 Å². The molecule has 0 unspecified atom stereocenters. The van der Waals surface area contributed by atoms with E-state index < -0.39 is 0 Å². The van der Waals surface area contributed by atoms with Gasteiger partial charge in [-0.2, -0.15) is 0 Å². The van der Waals surface area contributed by atoms with Gasteiger partial charge in [0.2, 0.25) is 0 Å². The third kappa shape index (κ3) is 4.09. The van der Waals surface area contributed by atoms with Crippen LogP contribution in [0.5, 0.6) is 0 Å². The summed E-state index contributed by atoms with van der Waals surface area (Å²) in [6.45, 7) is 2.28. The molecule has 1 aliphatic carbocycles. The molecule has 19 heavy (non-hydrogen) atoms. The number of carbonyl (C=O) groups is 1. The zero-order chi connectivity index (χ0) is 13.5. The highest BCUT2D eigenvalue weighted by molar-refractivity contribution is 5.89. The van der Waals surface area contributed by atoms with Crippen LogP contribution in [-0.4, -0.2) is 12.6 Å². The fraction of sp³-hybridized carbons (Fsp3) is 0.353. The Labute approximate surface area is 114 Å². The van der Waals surface area contributed by atoms with Gasteiger partial charge in [0.25, 0.3) is 0 Å². The smallest absolute Gasteiger partial charge is 0.333 e. The van der Waals surface area contributed by atoms with Crippen molar-refractivity contribution in [1.29, 1.82) is 0 Å². The molecule has 0 radical (unpaired) electrons. The van der Waals surface area contributed by atoms with Gasteiger partial charge in [-0.25, -0.2) is 4.79 Å². The minimum atomic E-state index is -0.164. The Morgan fingerprint density at radius 1 is 1.26 bits per heavy atom. The van der Waals surface area contributed by atoms with Crippen molar-refractivity contribution in [1.82, 2.24) is 0 Å². The van der Waals surface area contributed by atoms with Gasteiger partial charge in [-0.05, 0) is 49.8 Å². The summed E-state index contributed by atoms with van der Waals surface area (Å²) in [6, 6.07) is 10.3. The number of hydrogen-bond acceptors (Lipinski definition) is 2. The Bertz CT molecular complexity index is 483. The molecule has 0 saturated heterocycles. The molecule has 2 heteroatoms. The van der Waals surface area contributed by atoms with E-state index in [4.69, 9.17) is 4.74 Å². The maximum absolute atomic E-state index is 11.8. The molecule has 0 spiro atoms. The number of esters is 1. The summed E-state index contributed by atoms with van der Waals surface area (Å²) < 4.78 is 5.10. The zero-order valence-electron chi connectivity index (χ0n) is 11.4. The first-order valence-electron chi connectivity index (χ1n) is 6.90. The standard InChI is InChI=1S/C17H20O2/c1-2-19-17(18)16-11-7-6-10-15(13-16)12-14-8-4-3-5-9-14/h3-5,8-10,13H,2,6-7,11-12H2,1H3.